The lowest BCUT2D eigenvalue weighted by molar-refractivity contribution is -0.118. The van der Waals surface area contributed by atoms with Crippen LogP contribution in [0.2, 0.25) is 0 Å². The molecule has 5 nitrogen and oxygen atoms in total. The number of anilines is 1. The van der Waals surface area contributed by atoms with Gasteiger partial charge in [0.05, 0.1) is 0 Å². The molecule has 2 aromatic rings. The zero-order valence-corrected chi connectivity index (χ0v) is 11.6. The van der Waals surface area contributed by atoms with Crippen LogP contribution < -0.4 is 20.5 Å². The van der Waals surface area contributed by atoms with E-state index in [4.69, 9.17) is 15.2 Å². The van der Waals surface area contributed by atoms with Crippen LogP contribution in [-0.2, 0) is 4.79 Å². The smallest absolute Gasteiger partial charge is 0.262 e. The molecule has 110 valence electrons. The summed E-state index contributed by atoms with van der Waals surface area (Å²) in [7, 11) is 0. The molecule has 3 N–H and O–H groups in total. The Kier molecular flexibility index (Phi) is 5.60. The maximum atomic E-state index is 11.8. The average Bonchev–Trinajstić information content (AvgIpc) is 2.52. The van der Waals surface area contributed by atoms with Crippen molar-refractivity contribution in [3.8, 4) is 11.5 Å². The Morgan fingerprint density at radius 1 is 1.00 bits per heavy atom. The predicted octanol–water partition coefficient (Wildman–Crippen LogP) is 2.04. The monoisotopic (exact) mass is 286 g/mol. The molecule has 0 atom stereocenters. The molecule has 0 aliphatic rings. The molecule has 0 saturated carbocycles. The largest absolute Gasteiger partial charge is 0.492 e. The number of hydrogen-bond donors (Lipinski definition) is 2. The summed E-state index contributed by atoms with van der Waals surface area (Å²) >= 11 is 0. The molecule has 0 aliphatic heterocycles. The van der Waals surface area contributed by atoms with Crippen LogP contribution in [0.3, 0.4) is 0 Å². The Bertz CT molecular complexity index is 573. The van der Waals surface area contributed by atoms with Crippen molar-refractivity contribution in [3.05, 3.63) is 54.6 Å². The fourth-order valence-corrected chi connectivity index (χ4v) is 1.70. The van der Waals surface area contributed by atoms with E-state index >= 15 is 0 Å². The lowest BCUT2D eigenvalue weighted by Crippen LogP contribution is -2.20. The number of carbonyl (C=O) groups is 1. The number of ether oxygens (including phenoxy) is 2. The molecule has 0 radical (unpaired) electrons. The standard InChI is InChI=1S/C16H18N2O3/c17-9-10-20-15-8-4-5-13(11-15)18-16(19)12-21-14-6-2-1-3-7-14/h1-8,11H,9-10,12,17H2,(H,18,19). The van der Waals surface area contributed by atoms with Crippen molar-refractivity contribution in [2.24, 2.45) is 5.73 Å². The summed E-state index contributed by atoms with van der Waals surface area (Å²) in [5.41, 5.74) is 6.04. The molecule has 0 saturated heterocycles. The number of amides is 1. The third kappa shape index (κ3) is 5.16. The Morgan fingerprint density at radius 2 is 1.76 bits per heavy atom. The summed E-state index contributed by atoms with van der Waals surface area (Å²) in [5, 5.41) is 2.75. The molecule has 21 heavy (non-hydrogen) atoms. The van der Waals surface area contributed by atoms with Crippen LogP contribution in [-0.4, -0.2) is 25.7 Å². The molecule has 0 fully saturated rings. The van der Waals surface area contributed by atoms with E-state index < -0.39 is 0 Å². The second-order valence-electron chi connectivity index (χ2n) is 4.31. The minimum Gasteiger partial charge on any atom is -0.492 e. The highest BCUT2D eigenvalue weighted by Crippen LogP contribution is 2.17. The molecule has 0 heterocycles. The van der Waals surface area contributed by atoms with Crippen LogP contribution >= 0.6 is 0 Å². The second-order valence-corrected chi connectivity index (χ2v) is 4.31. The fourth-order valence-electron chi connectivity index (χ4n) is 1.70. The topological polar surface area (TPSA) is 73.6 Å². The van der Waals surface area contributed by atoms with E-state index in [1.807, 2.05) is 24.3 Å². The molecular weight excluding hydrogens is 268 g/mol. The minimum absolute atomic E-state index is 0.0438. The third-order valence-corrected chi connectivity index (χ3v) is 2.62. The highest BCUT2D eigenvalue weighted by Gasteiger charge is 2.04. The molecule has 0 bridgehead atoms. The molecule has 2 rings (SSSR count). The molecular formula is C16H18N2O3. The molecule has 1 amide bonds. The molecule has 5 heteroatoms. The maximum Gasteiger partial charge on any atom is 0.262 e. The van der Waals surface area contributed by atoms with E-state index in [0.29, 0.717) is 30.3 Å². The van der Waals surface area contributed by atoms with E-state index in [2.05, 4.69) is 5.32 Å². The molecule has 2 aromatic carbocycles. The maximum absolute atomic E-state index is 11.8. The first kappa shape index (κ1) is 14.9. The zero-order valence-electron chi connectivity index (χ0n) is 11.6. The Hall–Kier alpha value is -2.53. The Labute approximate surface area is 123 Å². The van der Waals surface area contributed by atoms with Crippen molar-refractivity contribution in [2.75, 3.05) is 25.1 Å². The number of para-hydroxylation sites is 1. The number of rotatable bonds is 7. The van der Waals surface area contributed by atoms with Crippen molar-refractivity contribution in [1.29, 1.82) is 0 Å². The summed E-state index contributed by atoms with van der Waals surface area (Å²) in [6, 6.07) is 16.3. The third-order valence-electron chi connectivity index (χ3n) is 2.62. The lowest BCUT2D eigenvalue weighted by atomic mass is 10.3. The van der Waals surface area contributed by atoms with E-state index in [-0.39, 0.29) is 12.5 Å². The summed E-state index contributed by atoms with van der Waals surface area (Å²) in [4.78, 5) is 11.8. The van der Waals surface area contributed by atoms with Gasteiger partial charge in [-0.2, -0.15) is 0 Å². The van der Waals surface area contributed by atoms with Gasteiger partial charge in [0.25, 0.3) is 5.91 Å². The summed E-state index contributed by atoms with van der Waals surface area (Å²) in [6.07, 6.45) is 0. The SMILES string of the molecule is NCCOc1cccc(NC(=O)COc2ccccc2)c1. The van der Waals surface area contributed by atoms with Crippen LogP contribution in [0.25, 0.3) is 0 Å². The summed E-state index contributed by atoms with van der Waals surface area (Å²) in [6.45, 7) is 0.841. The van der Waals surface area contributed by atoms with Gasteiger partial charge in [0.15, 0.2) is 6.61 Å². The van der Waals surface area contributed by atoms with Gasteiger partial charge in [0, 0.05) is 18.3 Å². The molecule has 0 aliphatic carbocycles. The number of nitrogens with one attached hydrogen (secondary N) is 1. The van der Waals surface area contributed by atoms with E-state index in [9.17, 15) is 4.79 Å². The number of carbonyl (C=O) groups excluding carboxylic acids is 1. The van der Waals surface area contributed by atoms with Gasteiger partial charge in [-0.25, -0.2) is 0 Å². The second kappa shape index (κ2) is 7.91. The van der Waals surface area contributed by atoms with Gasteiger partial charge in [0.1, 0.15) is 18.1 Å². The van der Waals surface area contributed by atoms with Crippen molar-refractivity contribution < 1.29 is 14.3 Å². The van der Waals surface area contributed by atoms with E-state index in [1.165, 1.54) is 0 Å². The minimum atomic E-state index is -0.227. The first-order valence-electron chi connectivity index (χ1n) is 6.68. The van der Waals surface area contributed by atoms with Gasteiger partial charge in [0.2, 0.25) is 0 Å². The van der Waals surface area contributed by atoms with Gasteiger partial charge >= 0.3 is 0 Å². The van der Waals surface area contributed by atoms with Crippen molar-refractivity contribution in [2.45, 2.75) is 0 Å². The fraction of sp³-hybridized carbons (Fsp3) is 0.188. The lowest BCUT2D eigenvalue weighted by Gasteiger charge is -2.09. The number of nitrogens with two attached hydrogens (primary N) is 1. The predicted molar refractivity (Wildman–Crippen MR) is 81.6 cm³/mol. The van der Waals surface area contributed by atoms with Gasteiger partial charge in [-0.05, 0) is 24.3 Å². The molecule has 0 unspecified atom stereocenters. The summed E-state index contributed by atoms with van der Waals surface area (Å²) < 4.78 is 10.8. The van der Waals surface area contributed by atoms with Crippen LogP contribution in [0.1, 0.15) is 0 Å². The van der Waals surface area contributed by atoms with Crippen molar-refractivity contribution >= 4 is 11.6 Å². The molecule has 0 spiro atoms. The van der Waals surface area contributed by atoms with Gasteiger partial charge in [-0.15, -0.1) is 0 Å². The zero-order chi connectivity index (χ0) is 14.9. The van der Waals surface area contributed by atoms with E-state index in [0.717, 1.165) is 0 Å². The van der Waals surface area contributed by atoms with Crippen LogP contribution in [0, 0.1) is 0 Å². The summed E-state index contributed by atoms with van der Waals surface area (Å²) in [5.74, 6) is 1.10. The molecule has 0 aromatic heterocycles. The quantitative estimate of drug-likeness (QED) is 0.817. The van der Waals surface area contributed by atoms with Gasteiger partial charge in [-0.3, -0.25) is 4.79 Å². The number of hydrogen-bond acceptors (Lipinski definition) is 4. The van der Waals surface area contributed by atoms with Gasteiger partial charge in [-0.1, -0.05) is 24.3 Å². The van der Waals surface area contributed by atoms with E-state index in [1.54, 1.807) is 30.3 Å². The van der Waals surface area contributed by atoms with Crippen LogP contribution in [0.15, 0.2) is 54.6 Å². The highest BCUT2D eigenvalue weighted by molar-refractivity contribution is 5.92. The average molecular weight is 286 g/mol. The first-order chi connectivity index (χ1) is 10.3. The normalized spacial score (nSPS) is 9.95. The Morgan fingerprint density at radius 3 is 2.52 bits per heavy atom. The van der Waals surface area contributed by atoms with Crippen LogP contribution in [0.5, 0.6) is 11.5 Å². The first-order valence-corrected chi connectivity index (χ1v) is 6.68. The van der Waals surface area contributed by atoms with Crippen molar-refractivity contribution in [3.63, 3.8) is 0 Å². The van der Waals surface area contributed by atoms with Crippen LogP contribution in [0.4, 0.5) is 5.69 Å². The Balaban J connectivity index is 1.84. The van der Waals surface area contributed by atoms with Gasteiger partial charge < -0.3 is 20.5 Å². The number of benzene rings is 2. The van der Waals surface area contributed by atoms with Crippen molar-refractivity contribution in [1.82, 2.24) is 0 Å². The highest BCUT2D eigenvalue weighted by atomic mass is 16.5.